The lowest BCUT2D eigenvalue weighted by atomic mass is 10.0. The van der Waals surface area contributed by atoms with Crippen molar-refractivity contribution in [2.75, 3.05) is 36.4 Å². The number of aromatic amines is 1. The second kappa shape index (κ2) is 9.12. The third kappa shape index (κ3) is 4.94. The summed E-state index contributed by atoms with van der Waals surface area (Å²) in [5, 5.41) is 20.3. The molecule has 2 aliphatic rings. The fourth-order valence-corrected chi connectivity index (χ4v) is 4.46. The van der Waals surface area contributed by atoms with E-state index in [9.17, 15) is 18.0 Å². The van der Waals surface area contributed by atoms with Crippen molar-refractivity contribution in [1.82, 2.24) is 14.9 Å². The number of piperidine rings is 1. The van der Waals surface area contributed by atoms with Crippen molar-refractivity contribution >= 4 is 17.5 Å². The minimum atomic E-state index is -4.62. The summed E-state index contributed by atoms with van der Waals surface area (Å²) in [5.74, 6) is -1.00. The summed E-state index contributed by atoms with van der Waals surface area (Å²) in [7, 11) is 0. The lowest BCUT2D eigenvalue weighted by Crippen LogP contribution is -2.44. The maximum absolute atomic E-state index is 13.6. The smallest absolute Gasteiger partial charge is 0.371 e. The van der Waals surface area contributed by atoms with Gasteiger partial charge in [-0.2, -0.15) is 23.7 Å². The zero-order valence-electron chi connectivity index (χ0n) is 17.7. The standard InChI is InChI=1S/C22H22F3N7O/c23-22(24,25)15-9-14(20(33)30-21-28-18(12-26)19(13-27)29-21)10-17(11-15)32-7-3-16(4-8-32)31-5-1-2-6-31/h9-11,16H,1-8H2,(H2,28,29,30,33). The molecule has 0 unspecified atom stereocenters. The molecule has 11 heteroatoms. The van der Waals surface area contributed by atoms with Crippen LogP contribution in [0.3, 0.4) is 0 Å². The molecule has 2 saturated heterocycles. The lowest BCUT2D eigenvalue weighted by Gasteiger charge is -2.38. The van der Waals surface area contributed by atoms with Crippen LogP contribution in [0.25, 0.3) is 0 Å². The average molecular weight is 457 g/mol. The van der Waals surface area contributed by atoms with Gasteiger partial charge in [-0.1, -0.05) is 0 Å². The molecule has 3 heterocycles. The zero-order valence-corrected chi connectivity index (χ0v) is 17.7. The molecule has 4 rings (SSSR count). The van der Waals surface area contributed by atoms with Crippen LogP contribution in [-0.4, -0.2) is 53.0 Å². The van der Waals surface area contributed by atoms with Crippen molar-refractivity contribution in [3.05, 3.63) is 40.7 Å². The van der Waals surface area contributed by atoms with Crippen molar-refractivity contribution in [2.45, 2.75) is 37.9 Å². The monoisotopic (exact) mass is 457 g/mol. The number of alkyl halides is 3. The number of carbonyl (C=O) groups is 1. The second-order valence-corrected chi connectivity index (χ2v) is 8.21. The Morgan fingerprint density at radius 2 is 1.79 bits per heavy atom. The van der Waals surface area contributed by atoms with Crippen LogP contribution in [0.5, 0.6) is 0 Å². The lowest BCUT2D eigenvalue weighted by molar-refractivity contribution is -0.137. The van der Waals surface area contributed by atoms with E-state index in [1.165, 1.54) is 18.9 Å². The SMILES string of the molecule is N#Cc1nc(NC(=O)c2cc(N3CCC(N4CCCC4)CC3)cc(C(F)(F)F)c2)[nH]c1C#N. The zero-order chi connectivity index (χ0) is 23.6. The molecule has 2 aliphatic heterocycles. The number of hydrogen-bond acceptors (Lipinski definition) is 6. The summed E-state index contributed by atoms with van der Waals surface area (Å²) in [6.07, 6.45) is -0.525. The van der Waals surface area contributed by atoms with Gasteiger partial charge in [0.2, 0.25) is 5.95 Å². The number of nitrogens with zero attached hydrogens (tertiary/aromatic N) is 5. The van der Waals surface area contributed by atoms with Gasteiger partial charge < -0.3 is 14.8 Å². The number of nitriles is 2. The fraction of sp³-hybridized carbons (Fsp3) is 0.455. The molecule has 1 amide bonds. The van der Waals surface area contributed by atoms with Gasteiger partial charge in [0, 0.05) is 30.4 Å². The number of H-pyrrole nitrogens is 1. The molecule has 1 aromatic heterocycles. The average Bonchev–Trinajstić information content (AvgIpc) is 3.48. The van der Waals surface area contributed by atoms with E-state index in [4.69, 9.17) is 10.5 Å². The number of aromatic nitrogens is 2. The third-order valence-corrected chi connectivity index (χ3v) is 6.15. The van der Waals surface area contributed by atoms with E-state index in [-0.39, 0.29) is 22.9 Å². The Morgan fingerprint density at radius 1 is 1.09 bits per heavy atom. The minimum absolute atomic E-state index is 0.140. The van der Waals surface area contributed by atoms with E-state index in [0.717, 1.165) is 38.1 Å². The molecule has 2 aromatic rings. The molecule has 0 bridgehead atoms. The Hall–Kier alpha value is -3.57. The Morgan fingerprint density at radius 3 is 2.36 bits per heavy atom. The topological polar surface area (TPSA) is 112 Å². The highest BCUT2D eigenvalue weighted by Crippen LogP contribution is 2.34. The Bertz CT molecular complexity index is 1080. The maximum atomic E-state index is 13.6. The number of nitrogens with one attached hydrogen (secondary N) is 2. The number of imidazole rings is 1. The van der Waals surface area contributed by atoms with Gasteiger partial charge in [-0.15, -0.1) is 0 Å². The van der Waals surface area contributed by atoms with Crippen molar-refractivity contribution in [3.8, 4) is 12.1 Å². The van der Waals surface area contributed by atoms with Gasteiger partial charge in [-0.05, 0) is 57.0 Å². The van der Waals surface area contributed by atoms with Gasteiger partial charge in [0.15, 0.2) is 11.4 Å². The number of anilines is 2. The van der Waals surface area contributed by atoms with Gasteiger partial charge in [-0.3, -0.25) is 10.1 Å². The first-order valence-corrected chi connectivity index (χ1v) is 10.7. The normalized spacial score (nSPS) is 17.5. The number of hydrogen-bond donors (Lipinski definition) is 2. The van der Waals surface area contributed by atoms with Crippen LogP contribution in [0, 0.1) is 22.7 Å². The van der Waals surface area contributed by atoms with Crippen LogP contribution in [0.1, 0.15) is 53.0 Å². The summed E-state index contributed by atoms with van der Waals surface area (Å²) in [5.41, 5.74) is -1.11. The van der Waals surface area contributed by atoms with Crippen molar-refractivity contribution < 1.29 is 18.0 Å². The van der Waals surface area contributed by atoms with E-state index in [1.54, 1.807) is 12.1 Å². The largest absolute Gasteiger partial charge is 0.416 e. The van der Waals surface area contributed by atoms with E-state index in [0.29, 0.717) is 24.8 Å². The molecule has 0 spiro atoms. The molecule has 8 nitrogen and oxygen atoms in total. The van der Waals surface area contributed by atoms with E-state index < -0.39 is 17.6 Å². The molecule has 0 aliphatic carbocycles. The predicted octanol–water partition coefficient (Wildman–Crippen LogP) is 3.49. The number of benzene rings is 1. The summed E-state index contributed by atoms with van der Waals surface area (Å²) in [6.45, 7) is 3.37. The maximum Gasteiger partial charge on any atom is 0.416 e. The van der Waals surface area contributed by atoms with Gasteiger partial charge in [0.05, 0.1) is 5.56 Å². The van der Waals surface area contributed by atoms with Crippen molar-refractivity contribution in [1.29, 1.82) is 10.5 Å². The van der Waals surface area contributed by atoms with Gasteiger partial charge in [-0.25, -0.2) is 4.98 Å². The highest BCUT2D eigenvalue weighted by Gasteiger charge is 2.33. The van der Waals surface area contributed by atoms with Crippen molar-refractivity contribution in [2.24, 2.45) is 0 Å². The fourth-order valence-electron chi connectivity index (χ4n) is 4.46. The summed E-state index contributed by atoms with van der Waals surface area (Å²) in [4.78, 5) is 23.3. The number of carbonyl (C=O) groups excluding carboxylic acids is 1. The summed E-state index contributed by atoms with van der Waals surface area (Å²) in [6, 6.07) is 7.18. The molecule has 0 atom stereocenters. The molecule has 2 N–H and O–H groups in total. The van der Waals surface area contributed by atoms with Crippen LogP contribution < -0.4 is 10.2 Å². The summed E-state index contributed by atoms with van der Waals surface area (Å²) < 4.78 is 40.7. The van der Waals surface area contributed by atoms with E-state index in [1.807, 2.05) is 4.90 Å². The Balaban J connectivity index is 1.55. The minimum Gasteiger partial charge on any atom is -0.371 e. The number of likely N-dealkylation sites (tertiary alicyclic amines) is 1. The van der Waals surface area contributed by atoms with E-state index >= 15 is 0 Å². The highest BCUT2D eigenvalue weighted by molar-refractivity contribution is 6.04. The van der Waals surface area contributed by atoms with Crippen LogP contribution >= 0.6 is 0 Å². The Labute approximate surface area is 188 Å². The molecular weight excluding hydrogens is 435 g/mol. The van der Waals surface area contributed by atoms with Crippen LogP contribution in [0.15, 0.2) is 18.2 Å². The quantitative estimate of drug-likeness (QED) is 0.727. The van der Waals surface area contributed by atoms with Gasteiger partial charge in [0.1, 0.15) is 12.1 Å². The molecule has 2 fully saturated rings. The molecule has 33 heavy (non-hydrogen) atoms. The first-order valence-electron chi connectivity index (χ1n) is 10.7. The van der Waals surface area contributed by atoms with Crippen molar-refractivity contribution in [3.63, 3.8) is 0 Å². The predicted molar refractivity (Wildman–Crippen MR) is 113 cm³/mol. The second-order valence-electron chi connectivity index (χ2n) is 8.21. The number of rotatable bonds is 4. The summed E-state index contributed by atoms with van der Waals surface area (Å²) >= 11 is 0. The molecule has 172 valence electrons. The molecule has 0 saturated carbocycles. The van der Waals surface area contributed by atoms with Gasteiger partial charge in [0.25, 0.3) is 5.91 Å². The van der Waals surface area contributed by atoms with Gasteiger partial charge >= 0.3 is 6.18 Å². The number of amides is 1. The number of halogens is 3. The van der Waals surface area contributed by atoms with Crippen LogP contribution in [-0.2, 0) is 6.18 Å². The first-order chi connectivity index (χ1) is 15.8. The Kier molecular flexibility index (Phi) is 6.25. The van der Waals surface area contributed by atoms with Crippen LogP contribution in [0.2, 0.25) is 0 Å². The highest BCUT2D eigenvalue weighted by atomic mass is 19.4. The van der Waals surface area contributed by atoms with E-state index in [2.05, 4.69) is 20.2 Å². The molecular formula is C22H22F3N7O. The molecule has 0 radical (unpaired) electrons. The third-order valence-electron chi connectivity index (χ3n) is 6.15. The molecule has 1 aromatic carbocycles. The van der Waals surface area contributed by atoms with Crippen LogP contribution in [0.4, 0.5) is 24.8 Å². The first kappa shape index (κ1) is 22.6.